The summed E-state index contributed by atoms with van der Waals surface area (Å²) in [6, 6.07) is 9.37. The third-order valence-corrected chi connectivity index (χ3v) is 2.40. The highest BCUT2D eigenvalue weighted by Gasteiger charge is 2.17. The lowest BCUT2D eigenvalue weighted by Gasteiger charge is -2.16. The lowest BCUT2D eigenvalue weighted by molar-refractivity contribution is -0.140. The second-order valence-corrected chi connectivity index (χ2v) is 4.39. The molecule has 0 radical (unpaired) electrons. The molecule has 1 atom stereocenters. The molecule has 0 fully saturated rings. The van der Waals surface area contributed by atoms with Crippen molar-refractivity contribution >= 4 is 18.4 Å². The van der Waals surface area contributed by atoms with Crippen molar-refractivity contribution in [2.75, 3.05) is 0 Å². The largest absolute Gasteiger partial charge is 0.480 e. The Balaban J connectivity index is 0.00000256. The lowest BCUT2D eigenvalue weighted by Crippen LogP contribution is -2.37. The highest BCUT2D eigenvalue weighted by molar-refractivity contribution is 5.85. The number of nitrogens with one attached hydrogen (secondary N) is 1. The summed E-state index contributed by atoms with van der Waals surface area (Å²) >= 11 is 0. The fourth-order valence-electron chi connectivity index (χ4n) is 1.58. The van der Waals surface area contributed by atoms with Gasteiger partial charge in [0.15, 0.2) is 0 Å². The molecular weight excluding hydrogens is 238 g/mol. The van der Waals surface area contributed by atoms with E-state index in [1.54, 1.807) is 0 Å². The fraction of sp³-hybridized carbons (Fsp3) is 0.462. The summed E-state index contributed by atoms with van der Waals surface area (Å²) in [5.74, 6) is -0.394. The summed E-state index contributed by atoms with van der Waals surface area (Å²) in [7, 11) is 0. The molecule has 0 unspecified atom stereocenters. The molecule has 1 aromatic rings. The van der Waals surface area contributed by atoms with Crippen LogP contribution < -0.4 is 5.32 Å². The van der Waals surface area contributed by atoms with Crippen LogP contribution in [0.15, 0.2) is 30.3 Å². The molecule has 0 saturated heterocycles. The van der Waals surface area contributed by atoms with Crippen LogP contribution in [0.1, 0.15) is 25.8 Å². The Morgan fingerprint density at radius 3 is 2.35 bits per heavy atom. The molecule has 3 nitrogen and oxygen atoms in total. The number of hydrogen-bond acceptors (Lipinski definition) is 2. The number of benzene rings is 1. The van der Waals surface area contributed by atoms with Crippen LogP contribution in [-0.2, 0) is 11.3 Å². The molecule has 4 heteroatoms. The van der Waals surface area contributed by atoms with E-state index in [9.17, 15) is 4.79 Å². The third-order valence-electron chi connectivity index (χ3n) is 2.40. The average molecular weight is 258 g/mol. The van der Waals surface area contributed by atoms with Crippen molar-refractivity contribution in [2.24, 2.45) is 5.92 Å². The second-order valence-electron chi connectivity index (χ2n) is 4.39. The molecule has 0 saturated carbocycles. The van der Waals surface area contributed by atoms with Crippen LogP contribution in [0, 0.1) is 5.92 Å². The molecule has 0 heterocycles. The van der Waals surface area contributed by atoms with Gasteiger partial charge in [-0.1, -0.05) is 44.2 Å². The first-order valence-electron chi connectivity index (χ1n) is 5.59. The van der Waals surface area contributed by atoms with E-state index in [1.807, 2.05) is 44.2 Å². The Morgan fingerprint density at radius 1 is 1.29 bits per heavy atom. The molecule has 0 aliphatic heterocycles. The number of carboxylic acid groups (broad SMARTS) is 1. The molecule has 0 aliphatic rings. The van der Waals surface area contributed by atoms with Crippen molar-refractivity contribution in [3.63, 3.8) is 0 Å². The van der Waals surface area contributed by atoms with E-state index in [1.165, 1.54) is 0 Å². The van der Waals surface area contributed by atoms with Crippen LogP contribution >= 0.6 is 12.4 Å². The van der Waals surface area contributed by atoms with Crippen LogP contribution in [0.3, 0.4) is 0 Å². The van der Waals surface area contributed by atoms with Crippen LogP contribution in [0.5, 0.6) is 0 Å². The molecule has 0 aromatic heterocycles. The van der Waals surface area contributed by atoms with Crippen molar-refractivity contribution in [1.82, 2.24) is 5.32 Å². The number of aliphatic carboxylic acids is 1. The third kappa shape index (κ3) is 6.29. The smallest absolute Gasteiger partial charge is 0.320 e. The molecule has 0 bridgehead atoms. The van der Waals surface area contributed by atoms with Gasteiger partial charge in [0, 0.05) is 6.54 Å². The molecule has 0 amide bonds. The van der Waals surface area contributed by atoms with Gasteiger partial charge in [0.1, 0.15) is 6.04 Å². The first-order chi connectivity index (χ1) is 7.59. The predicted octanol–water partition coefficient (Wildman–Crippen LogP) is 2.70. The Kier molecular flexibility index (Phi) is 7.59. The first kappa shape index (κ1) is 15.9. The van der Waals surface area contributed by atoms with Gasteiger partial charge >= 0.3 is 5.97 Å². The average Bonchev–Trinajstić information content (AvgIpc) is 2.25. The van der Waals surface area contributed by atoms with Crippen molar-refractivity contribution in [3.05, 3.63) is 35.9 Å². The summed E-state index contributed by atoms with van der Waals surface area (Å²) in [6.45, 7) is 4.66. The Bertz CT molecular complexity index is 327. The van der Waals surface area contributed by atoms with E-state index in [0.717, 1.165) is 5.56 Å². The van der Waals surface area contributed by atoms with Gasteiger partial charge < -0.3 is 10.4 Å². The van der Waals surface area contributed by atoms with E-state index < -0.39 is 12.0 Å². The van der Waals surface area contributed by atoms with Gasteiger partial charge in [0.2, 0.25) is 0 Å². The highest BCUT2D eigenvalue weighted by atomic mass is 35.5. The minimum absolute atomic E-state index is 0. The molecule has 0 aliphatic carbocycles. The molecule has 17 heavy (non-hydrogen) atoms. The number of halogens is 1. The van der Waals surface area contributed by atoms with Gasteiger partial charge in [-0.05, 0) is 17.9 Å². The Labute approximate surface area is 109 Å². The Hall–Kier alpha value is -1.06. The zero-order valence-electron chi connectivity index (χ0n) is 10.2. The minimum Gasteiger partial charge on any atom is -0.480 e. The number of carboxylic acids is 1. The van der Waals surface area contributed by atoms with Gasteiger partial charge in [0.05, 0.1) is 0 Å². The topological polar surface area (TPSA) is 49.3 Å². The van der Waals surface area contributed by atoms with Crippen molar-refractivity contribution < 1.29 is 9.90 Å². The van der Waals surface area contributed by atoms with Crippen molar-refractivity contribution in [2.45, 2.75) is 32.9 Å². The maximum atomic E-state index is 11.0. The minimum atomic E-state index is -0.773. The summed E-state index contributed by atoms with van der Waals surface area (Å²) < 4.78 is 0. The SMILES string of the molecule is CC(C)C[C@H](NCc1ccccc1)C(=O)O.Cl. The summed E-state index contributed by atoms with van der Waals surface area (Å²) in [5.41, 5.74) is 1.11. The second kappa shape index (κ2) is 8.09. The standard InChI is InChI=1S/C13H19NO2.ClH/c1-10(2)8-12(13(15)16)14-9-11-6-4-3-5-7-11;/h3-7,10,12,14H,8-9H2,1-2H3,(H,15,16);1H/t12-;/m0./s1. The van der Waals surface area contributed by atoms with Gasteiger partial charge in [-0.2, -0.15) is 0 Å². The molecule has 0 spiro atoms. The highest BCUT2D eigenvalue weighted by Crippen LogP contribution is 2.06. The normalized spacial score (nSPS) is 11.9. The van der Waals surface area contributed by atoms with E-state index in [4.69, 9.17) is 5.11 Å². The maximum absolute atomic E-state index is 11.0. The predicted molar refractivity (Wildman–Crippen MR) is 71.4 cm³/mol. The lowest BCUT2D eigenvalue weighted by atomic mass is 10.0. The van der Waals surface area contributed by atoms with E-state index in [0.29, 0.717) is 18.9 Å². The monoisotopic (exact) mass is 257 g/mol. The van der Waals surface area contributed by atoms with Gasteiger partial charge in [-0.15, -0.1) is 12.4 Å². The molecular formula is C13H20ClNO2. The number of rotatable bonds is 6. The zero-order valence-corrected chi connectivity index (χ0v) is 11.0. The Morgan fingerprint density at radius 2 is 1.88 bits per heavy atom. The van der Waals surface area contributed by atoms with Crippen molar-refractivity contribution in [3.8, 4) is 0 Å². The van der Waals surface area contributed by atoms with E-state index in [2.05, 4.69) is 5.32 Å². The molecule has 1 rings (SSSR count). The quantitative estimate of drug-likeness (QED) is 0.824. The van der Waals surface area contributed by atoms with Crippen LogP contribution in [0.25, 0.3) is 0 Å². The fourth-order valence-corrected chi connectivity index (χ4v) is 1.58. The molecule has 1 aromatic carbocycles. The van der Waals surface area contributed by atoms with Crippen LogP contribution in [-0.4, -0.2) is 17.1 Å². The van der Waals surface area contributed by atoms with Gasteiger partial charge in [0.25, 0.3) is 0 Å². The number of hydrogen-bond donors (Lipinski definition) is 2. The first-order valence-corrected chi connectivity index (χ1v) is 5.59. The van der Waals surface area contributed by atoms with Gasteiger partial charge in [-0.25, -0.2) is 0 Å². The molecule has 2 N–H and O–H groups in total. The van der Waals surface area contributed by atoms with E-state index in [-0.39, 0.29) is 12.4 Å². The number of carbonyl (C=O) groups is 1. The molecule has 96 valence electrons. The zero-order chi connectivity index (χ0) is 12.0. The summed E-state index contributed by atoms with van der Waals surface area (Å²) in [6.07, 6.45) is 0.655. The maximum Gasteiger partial charge on any atom is 0.320 e. The van der Waals surface area contributed by atoms with E-state index >= 15 is 0 Å². The van der Waals surface area contributed by atoms with Crippen LogP contribution in [0.2, 0.25) is 0 Å². The van der Waals surface area contributed by atoms with Gasteiger partial charge in [-0.3, -0.25) is 4.79 Å². The summed E-state index contributed by atoms with van der Waals surface area (Å²) in [5, 5.41) is 12.1. The van der Waals surface area contributed by atoms with Crippen molar-refractivity contribution in [1.29, 1.82) is 0 Å². The summed E-state index contributed by atoms with van der Waals surface area (Å²) in [4.78, 5) is 11.0. The van der Waals surface area contributed by atoms with Crippen LogP contribution in [0.4, 0.5) is 0 Å².